The average Bonchev–Trinajstić information content (AvgIpc) is 2.27. The average molecular weight is 305 g/mol. The second kappa shape index (κ2) is 6.98. The van der Waals surface area contributed by atoms with E-state index in [1.807, 2.05) is 6.92 Å². The number of methoxy groups -OCH3 is 1. The van der Waals surface area contributed by atoms with Gasteiger partial charge >= 0.3 is 0 Å². The Balaban J connectivity index is 0.00000180. The maximum absolute atomic E-state index is 12.1. The number of anilines is 1. The lowest BCUT2D eigenvalue weighted by atomic mass is 9.88. The van der Waals surface area contributed by atoms with Gasteiger partial charge in [-0.1, -0.05) is 18.5 Å². The molecule has 1 aliphatic rings. The zero-order valence-corrected chi connectivity index (χ0v) is 12.5. The molecule has 4 nitrogen and oxygen atoms in total. The summed E-state index contributed by atoms with van der Waals surface area (Å²) in [5.41, 5.74) is 0.620. The molecule has 0 bridgehead atoms. The van der Waals surface area contributed by atoms with Gasteiger partial charge in [-0.2, -0.15) is 0 Å². The van der Waals surface area contributed by atoms with Gasteiger partial charge in [-0.05, 0) is 37.2 Å². The van der Waals surface area contributed by atoms with Crippen LogP contribution in [0.1, 0.15) is 6.92 Å². The van der Waals surface area contributed by atoms with Crippen molar-refractivity contribution in [2.45, 2.75) is 6.92 Å². The Morgan fingerprint density at radius 1 is 1.53 bits per heavy atom. The van der Waals surface area contributed by atoms with Crippen LogP contribution in [0, 0.1) is 11.8 Å². The van der Waals surface area contributed by atoms with Crippen LogP contribution in [-0.4, -0.2) is 26.1 Å². The van der Waals surface area contributed by atoms with Gasteiger partial charge in [0.2, 0.25) is 5.91 Å². The lowest BCUT2D eigenvalue weighted by Gasteiger charge is -2.31. The van der Waals surface area contributed by atoms with E-state index in [0.717, 1.165) is 13.1 Å². The van der Waals surface area contributed by atoms with Gasteiger partial charge < -0.3 is 15.4 Å². The smallest absolute Gasteiger partial charge is 0.227 e. The largest absolute Gasteiger partial charge is 0.495 e. The van der Waals surface area contributed by atoms with E-state index in [4.69, 9.17) is 16.3 Å². The number of halogens is 2. The number of carbonyl (C=O) groups excluding carboxylic acids is 1. The highest BCUT2D eigenvalue weighted by atomic mass is 35.5. The molecule has 19 heavy (non-hydrogen) atoms. The quantitative estimate of drug-likeness (QED) is 0.899. The third kappa shape index (κ3) is 3.75. The summed E-state index contributed by atoms with van der Waals surface area (Å²) in [5, 5.41) is 6.61. The van der Waals surface area contributed by atoms with Crippen LogP contribution in [0.3, 0.4) is 0 Å². The first-order valence-corrected chi connectivity index (χ1v) is 6.34. The molecular weight excluding hydrogens is 287 g/mol. The van der Waals surface area contributed by atoms with E-state index in [2.05, 4.69) is 10.6 Å². The molecule has 1 amide bonds. The number of hydrogen-bond donors (Lipinski definition) is 2. The van der Waals surface area contributed by atoms with Crippen molar-refractivity contribution in [2.24, 2.45) is 11.8 Å². The van der Waals surface area contributed by atoms with Crippen LogP contribution in [0.5, 0.6) is 5.75 Å². The lowest BCUT2D eigenvalue weighted by molar-refractivity contribution is -0.121. The molecule has 1 atom stereocenters. The summed E-state index contributed by atoms with van der Waals surface area (Å²) in [7, 11) is 1.57. The fourth-order valence-electron chi connectivity index (χ4n) is 1.90. The molecular formula is C13H18Cl2N2O2. The van der Waals surface area contributed by atoms with Crippen molar-refractivity contribution in [3.05, 3.63) is 23.2 Å². The molecule has 1 aliphatic heterocycles. The SMILES string of the molecule is COc1ccc(Cl)cc1NC(=O)C(C)C1CNC1.Cl. The predicted molar refractivity (Wildman–Crippen MR) is 79.4 cm³/mol. The van der Waals surface area contributed by atoms with Gasteiger partial charge in [0.25, 0.3) is 0 Å². The van der Waals surface area contributed by atoms with Gasteiger partial charge in [0, 0.05) is 10.9 Å². The van der Waals surface area contributed by atoms with E-state index >= 15 is 0 Å². The zero-order valence-electron chi connectivity index (χ0n) is 10.9. The van der Waals surface area contributed by atoms with E-state index in [1.165, 1.54) is 0 Å². The van der Waals surface area contributed by atoms with Crippen molar-refractivity contribution in [1.29, 1.82) is 0 Å². The zero-order chi connectivity index (χ0) is 13.1. The molecule has 6 heteroatoms. The summed E-state index contributed by atoms with van der Waals surface area (Å²) in [6.07, 6.45) is 0. The summed E-state index contributed by atoms with van der Waals surface area (Å²) >= 11 is 5.92. The van der Waals surface area contributed by atoms with Crippen molar-refractivity contribution >= 4 is 35.6 Å². The van der Waals surface area contributed by atoms with Crippen molar-refractivity contribution in [2.75, 3.05) is 25.5 Å². The molecule has 0 aromatic heterocycles. The van der Waals surface area contributed by atoms with Crippen LogP contribution in [0.2, 0.25) is 5.02 Å². The maximum Gasteiger partial charge on any atom is 0.227 e. The van der Waals surface area contributed by atoms with Crippen molar-refractivity contribution in [3.63, 3.8) is 0 Å². The second-order valence-corrected chi connectivity index (χ2v) is 4.98. The van der Waals surface area contributed by atoms with E-state index in [-0.39, 0.29) is 24.2 Å². The van der Waals surface area contributed by atoms with Gasteiger partial charge in [-0.3, -0.25) is 4.79 Å². The number of carbonyl (C=O) groups is 1. The molecule has 0 radical (unpaired) electrons. The minimum atomic E-state index is -0.0186. The van der Waals surface area contributed by atoms with Crippen LogP contribution < -0.4 is 15.4 Å². The van der Waals surface area contributed by atoms with Crippen LogP contribution in [0.4, 0.5) is 5.69 Å². The number of amides is 1. The maximum atomic E-state index is 12.1. The van der Waals surface area contributed by atoms with Crippen molar-refractivity contribution in [3.8, 4) is 5.75 Å². The second-order valence-electron chi connectivity index (χ2n) is 4.54. The van der Waals surface area contributed by atoms with Gasteiger partial charge in [-0.25, -0.2) is 0 Å². The van der Waals surface area contributed by atoms with Crippen LogP contribution >= 0.6 is 24.0 Å². The number of ether oxygens (including phenoxy) is 1. The summed E-state index contributed by atoms with van der Waals surface area (Å²) in [4.78, 5) is 12.1. The number of benzene rings is 1. The normalized spacial score (nSPS) is 15.9. The van der Waals surface area contributed by atoms with E-state index in [9.17, 15) is 4.79 Å². The molecule has 0 saturated carbocycles. The van der Waals surface area contributed by atoms with Gasteiger partial charge in [0.1, 0.15) is 5.75 Å². The standard InChI is InChI=1S/C13H17ClN2O2.ClH/c1-8(9-6-15-7-9)13(17)16-11-5-10(14)3-4-12(11)18-2;/h3-5,8-9,15H,6-7H2,1-2H3,(H,16,17);1H. The molecule has 1 saturated heterocycles. The Hall–Kier alpha value is -0.970. The minimum Gasteiger partial charge on any atom is -0.495 e. The Bertz CT molecular complexity index is 450. The first-order valence-electron chi connectivity index (χ1n) is 5.97. The molecule has 0 spiro atoms. The molecule has 1 fully saturated rings. The Kier molecular flexibility index (Phi) is 5.91. The molecule has 1 unspecified atom stereocenters. The van der Waals surface area contributed by atoms with Gasteiger partial charge in [0.05, 0.1) is 12.8 Å². The van der Waals surface area contributed by atoms with Crippen molar-refractivity contribution in [1.82, 2.24) is 5.32 Å². The molecule has 2 N–H and O–H groups in total. The van der Waals surface area contributed by atoms with Gasteiger partial charge in [0.15, 0.2) is 0 Å². The Morgan fingerprint density at radius 2 is 2.21 bits per heavy atom. The monoisotopic (exact) mass is 304 g/mol. The molecule has 1 aromatic carbocycles. The minimum absolute atomic E-state index is 0. The summed E-state index contributed by atoms with van der Waals surface area (Å²) in [6.45, 7) is 3.75. The molecule has 106 valence electrons. The molecule has 1 aromatic rings. The van der Waals surface area contributed by atoms with E-state index in [0.29, 0.717) is 22.4 Å². The Morgan fingerprint density at radius 3 is 2.74 bits per heavy atom. The molecule has 1 heterocycles. The van der Waals surface area contributed by atoms with E-state index < -0.39 is 0 Å². The third-order valence-electron chi connectivity index (χ3n) is 3.35. The predicted octanol–water partition coefficient (Wildman–Crippen LogP) is 2.56. The van der Waals surface area contributed by atoms with E-state index in [1.54, 1.807) is 25.3 Å². The summed E-state index contributed by atoms with van der Waals surface area (Å²) < 4.78 is 5.20. The lowest BCUT2D eigenvalue weighted by Crippen LogP contribution is -2.48. The third-order valence-corrected chi connectivity index (χ3v) is 3.59. The van der Waals surface area contributed by atoms with Crippen molar-refractivity contribution < 1.29 is 9.53 Å². The first-order chi connectivity index (χ1) is 8.61. The number of hydrogen-bond acceptors (Lipinski definition) is 3. The fraction of sp³-hybridized carbons (Fsp3) is 0.462. The fourth-order valence-corrected chi connectivity index (χ4v) is 2.08. The van der Waals surface area contributed by atoms with Crippen LogP contribution in [-0.2, 0) is 4.79 Å². The number of nitrogens with one attached hydrogen (secondary N) is 2. The van der Waals surface area contributed by atoms with Crippen LogP contribution in [0.25, 0.3) is 0 Å². The highest BCUT2D eigenvalue weighted by Crippen LogP contribution is 2.28. The summed E-state index contributed by atoms with van der Waals surface area (Å²) in [6, 6.07) is 5.17. The first kappa shape index (κ1) is 16.1. The molecule has 0 aliphatic carbocycles. The van der Waals surface area contributed by atoms with Gasteiger partial charge in [-0.15, -0.1) is 12.4 Å². The summed E-state index contributed by atoms with van der Waals surface area (Å²) in [5.74, 6) is 1.01. The number of rotatable bonds is 4. The highest BCUT2D eigenvalue weighted by Gasteiger charge is 2.29. The molecule has 2 rings (SSSR count). The van der Waals surface area contributed by atoms with Crippen LogP contribution in [0.15, 0.2) is 18.2 Å². The topological polar surface area (TPSA) is 50.4 Å². The Labute approximate surface area is 124 Å². The highest BCUT2D eigenvalue weighted by molar-refractivity contribution is 6.31.